The molecule has 232 valence electrons. The van der Waals surface area contributed by atoms with Crippen LogP contribution in [-0.2, 0) is 12.8 Å². The molecular formula is C46H42O. The first kappa shape index (κ1) is 31.6. The minimum absolute atomic E-state index is 0. The lowest BCUT2D eigenvalue weighted by molar-refractivity contribution is 0.415. The molecule has 8 rings (SSSR count). The van der Waals surface area contributed by atoms with Crippen molar-refractivity contribution < 1.29 is 4.74 Å². The minimum atomic E-state index is 0. The maximum absolute atomic E-state index is 5.31. The van der Waals surface area contributed by atoms with E-state index in [-0.39, 0.29) is 7.43 Å². The zero-order chi connectivity index (χ0) is 31.5. The lowest BCUT2D eigenvalue weighted by Gasteiger charge is -2.11. The van der Waals surface area contributed by atoms with Crippen molar-refractivity contribution in [1.29, 1.82) is 0 Å². The Bertz CT molecular complexity index is 2040. The van der Waals surface area contributed by atoms with Gasteiger partial charge in [0.1, 0.15) is 5.75 Å². The lowest BCUT2D eigenvalue weighted by Crippen LogP contribution is -1.90. The second kappa shape index (κ2) is 13.9. The highest BCUT2D eigenvalue weighted by Gasteiger charge is 2.24. The number of hydrogen-bond acceptors (Lipinski definition) is 1. The molecule has 1 nitrogen and oxygen atoms in total. The summed E-state index contributed by atoms with van der Waals surface area (Å²) in [4.78, 5) is 0. The molecule has 0 aliphatic heterocycles. The summed E-state index contributed by atoms with van der Waals surface area (Å²) < 4.78 is 5.31. The Labute approximate surface area is 280 Å². The van der Waals surface area contributed by atoms with E-state index in [9.17, 15) is 0 Å². The lowest BCUT2D eigenvalue weighted by atomic mass is 9.94. The third kappa shape index (κ3) is 6.48. The topological polar surface area (TPSA) is 9.23 Å². The van der Waals surface area contributed by atoms with Crippen molar-refractivity contribution in [2.45, 2.75) is 34.1 Å². The Morgan fingerprint density at radius 3 is 1.23 bits per heavy atom. The standard InChI is InChI=1S/C23H20O.C22H18.CH4/c1-16-7-9-17(10-8-16)22-15-19-5-3-4-6-21(19)23(22)18-11-13-20(24-2)14-12-18;1-16-11-13-17(14-12-16)21-15-19-9-5-6-10-20(19)22(21)18-7-3-2-4-8-18;/h3-14H,15H2,1-2H3;2-14H,15H2,1H3;1H4. The average Bonchev–Trinajstić information content (AvgIpc) is 3.69. The largest absolute Gasteiger partial charge is 0.497 e. The molecule has 0 atom stereocenters. The molecule has 0 saturated carbocycles. The molecule has 0 spiro atoms. The van der Waals surface area contributed by atoms with Gasteiger partial charge in [0.05, 0.1) is 7.11 Å². The predicted molar refractivity (Wildman–Crippen MR) is 201 cm³/mol. The molecular weight excluding hydrogens is 569 g/mol. The highest BCUT2D eigenvalue weighted by molar-refractivity contribution is 6.04. The monoisotopic (exact) mass is 610 g/mol. The molecule has 0 saturated heterocycles. The molecule has 0 heterocycles. The summed E-state index contributed by atoms with van der Waals surface area (Å²) in [5, 5.41) is 0. The van der Waals surface area contributed by atoms with Crippen LogP contribution in [-0.4, -0.2) is 7.11 Å². The molecule has 0 bridgehead atoms. The van der Waals surface area contributed by atoms with Crippen molar-refractivity contribution in [1.82, 2.24) is 0 Å². The number of ether oxygens (including phenoxy) is 1. The summed E-state index contributed by atoms with van der Waals surface area (Å²) >= 11 is 0. The number of allylic oxidation sites excluding steroid dienone is 2. The third-order valence-electron chi connectivity index (χ3n) is 9.15. The number of hydrogen-bond donors (Lipinski definition) is 0. The second-order valence-corrected chi connectivity index (χ2v) is 12.2. The van der Waals surface area contributed by atoms with E-state index in [1.54, 1.807) is 7.11 Å². The average molecular weight is 611 g/mol. The predicted octanol–water partition coefficient (Wildman–Crippen LogP) is 11.7. The van der Waals surface area contributed by atoms with Crippen LogP contribution >= 0.6 is 0 Å². The van der Waals surface area contributed by atoms with Crippen molar-refractivity contribution in [3.63, 3.8) is 0 Å². The number of fused-ring (bicyclic) bond motifs is 2. The molecule has 2 aliphatic carbocycles. The summed E-state index contributed by atoms with van der Waals surface area (Å²) in [7, 11) is 1.71. The quantitative estimate of drug-likeness (QED) is 0.189. The molecule has 0 aromatic heterocycles. The Kier molecular flexibility index (Phi) is 9.36. The van der Waals surface area contributed by atoms with Gasteiger partial charge in [0.15, 0.2) is 0 Å². The van der Waals surface area contributed by atoms with E-state index in [0.717, 1.165) is 18.6 Å². The van der Waals surface area contributed by atoms with Crippen LogP contribution in [0.1, 0.15) is 63.1 Å². The minimum Gasteiger partial charge on any atom is -0.497 e. The summed E-state index contributed by atoms with van der Waals surface area (Å²) in [6.07, 6.45) is 2.00. The Hall–Kier alpha value is -5.40. The smallest absolute Gasteiger partial charge is 0.118 e. The maximum Gasteiger partial charge on any atom is 0.118 e. The summed E-state index contributed by atoms with van der Waals surface area (Å²) in [5.74, 6) is 0.891. The van der Waals surface area contributed by atoms with Crippen LogP contribution in [0.2, 0.25) is 0 Å². The number of benzene rings is 6. The summed E-state index contributed by atoms with van der Waals surface area (Å²) in [5.41, 5.74) is 18.9. The van der Waals surface area contributed by atoms with Crippen LogP contribution in [0.3, 0.4) is 0 Å². The molecule has 6 aromatic carbocycles. The molecule has 2 aliphatic rings. The van der Waals surface area contributed by atoms with Gasteiger partial charge in [-0.05, 0) is 106 Å². The van der Waals surface area contributed by atoms with Gasteiger partial charge in [-0.2, -0.15) is 0 Å². The number of aryl methyl sites for hydroxylation is 2. The fourth-order valence-electron chi connectivity index (χ4n) is 6.74. The summed E-state index contributed by atoms with van der Waals surface area (Å²) in [6, 6.07) is 54.4. The van der Waals surface area contributed by atoms with Gasteiger partial charge in [0, 0.05) is 0 Å². The van der Waals surface area contributed by atoms with E-state index in [4.69, 9.17) is 4.74 Å². The third-order valence-corrected chi connectivity index (χ3v) is 9.15. The SMILES string of the molecule is C.COc1ccc(C2=C(c3ccc(C)cc3)Cc3ccccc32)cc1.Cc1ccc(C2=C(c3ccccc3)c3ccccc3C2)cc1. The van der Waals surface area contributed by atoms with Gasteiger partial charge in [-0.25, -0.2) is 0 Å². The fraction of sp³-hybridized carbons (Fsp3) is 0.130. The molecule has 0 unspecified atom stereocenters. The highest BCUT2D eigenvalue weighted by Crippen LogP contribution is 2.43. The Balaban J connectivity index is 0.000000161. The van der Waals surface area contributed by atoms with E-state index < -0.39 is 0 Å². The molecule has 0 N–H and O–H groups in total. The molecule has 0 radical (unpaired) electrons. The molecule has 0 amide bonds. The maximum atomic E-state index is 5.31. The van der Waals surface area contributed by atoms with E-state index in [1.807, 2.05) is 12.1 Å². The van der Waals surface area contributed by atoms with Gasteiger partial charge in [-0.1, -0.05) is 158 Å². The molecule has 1 heteroatoms. The second-order valence-electron chi connectivity index (χ2n) is 12.2. The van der Waals surface area contributed by atoms with Gasteiger partial charge in [-0.3, -0.25) is 0 Å². The van der Waals surface area contributed by atoms with Crippen LogP contribution in [0.4, 0.5) is 0 Å². The van der Waals surface area contributed by atoms with Crippen molar-refractivity contribution >= 4 is 22.3 Å². The van der Waals surface area contributed by atoms with Crippen molar-refractivity contribution in [2.75, 3.05) is 7.11 Å². The zero-order valence-corrected chi connectivity index (χ0v) is 26.8. The van der Waals surface area contributed by atoms with Crippen molar-refractivity contribution in [3.8, 4) is 5.75 Å². The van der Waals surface area contributed by atoms with Gasteiger partial charge in [0.25, 0.3) is 0 Å². The van der Waals surface area contributed by atoms with Crippen molar-refractivity contribution in [2.24, 2.45) is 0 Å². The first-order valence-electron chi connectivity index (χ1n) is 16.1. The van der Waals surface area contributed by atoms with Gasteiger partial charge in [-0.15, -0.1) is 0 Å². The number of methoxy groups -OCH3 is 1. The van der Waals surface area contributed by atoms with E-state index in [1.165, 1.54) is 77.9 Å². The van der Waals surface area contributed by atoms with Gasteiger partial charge >= 0.3 is 0 Å². The van der Waals surface area contributed by atoms with Crippen LogP contribution in [0.25, 0.3) is 22.3 Å². The summed E-state index contributed by atoms with van der Waals surface area (Å²) in [6.45, 7) is 4.27. The van der Waals surface area contributed by atoms with Gasteiger partial charge < -0.3 is 4.74 Å². The Morgan fingerprint density at radius 2 is 0.787 bits per heavy atom. The van der Waals surface area contributed by atoms with E-state index in [0.29, 0.717) is 0 Å². The van der Waals surface area contributed by atoms with Crippen molar-refractivity contribution in [3.05, 3.63) is 207 Å². The molecule has 6 aromatic rings. The molecule has 47 heavy (non-hydrogen) atoms. The van der Waals surface area contributed by atoms with E-state index in [2.05, 4.69) is 153 Å². The van der Waals surface area contributed by atoms with Crippen LogP contribution in [0, 0.1) is 13.8 Å². The van der Waals surface area contributed by atoms with Crippen LogP contribution in [0.15, 0.2) is 152 Å². The van der Waals surface area contributed by atoms with E-state index >= 15 is 0 Å². The molecule has 0 fully saturated rings. The zero-order valence-electron chi connectivity index (χ0n) is 26.8. The fourth-order valence-corrected chi connectivity index (χ4v) is 6.74. The van der Waals surface area contributed by atoms with Gasteiger partial charge in [0.2, 0.25) is 0 Å². The normalized spacial score (nSPS) is 12.9. The Morgan fingerprint density at radius 1 is 0.404 bits per heavy atom. The first-order chi connectivity index (χ1) is 22.6. The van der Waals surface area contributed by atoms with Crippen LogP contribution < -0.4 is 4.74 Å². The number of rotatable bonds is 5. The highest BCUT2D eigenvalue weighted by atomic mass is 16.5. The van der Waals surface area contributed by atoms with Crippen LogP contribution in [0.5, 0.6) is 5.75 Å². The first-order valence-corrected chi connectivity index (χ1v) is 16.1.